The van der Waals surface area contributed by atoms with Gasteiger partial charge in [-0.25, -0.2) is 10.1 Å². The van der Waals surface area contributed by atoms with Gasteiger partial charge in [-0.3, -0.25) is 9.59 Å². The Kier molecular flexibility index (Phi) is 5.84. The predicted molar refractivity (Wildman–Crippen MR) is 119 cm³/mol. The average Bonchev–Trinajstić information content (AvgIpc) is 2.81. The number of hydrogen-bond acceptors (Lipinski definition) is 5. The summed E-state index contributed by atoms with van der Waals surface area (Å²) in [5, 5.41) is 9.06. The number of fused-ring (bicyclic) bond motifs is 1. The fourth-order valence-corrected chi connectivity index (χ4v) is 3.13. The molecule has 4 rings (SSSR count). The van der Waals surface area contributed by atoms with E-state index in [0.29, 0.717) is 23.1 Å². The Morgan fingerprint density at radius 1 is 1.00 bits per heavy atom. The topological polar surface area (TPSA) is 85.6 Å². The molecule has 154 valence electrons. The molecule has 31 heavy (non-hydrogen) atoms. The Hall–Kier alpha value is -4.26. The lowest BCUT2D eigenvalue weighted by Crippen LogP contribution is -2.27. The molecule has 1 heterocycles. The van der Waals surface area contributed by atoms with E-state index in [1.807, 2.05) is 54.6 Å². The summed E-state index contributed by atoms with van der Waals surface area (Å²) >= 11 is 0. The van der Waals surface area contributed by atoms with Crippen molar-refractivity contribution in [1.29, 1.82) is 0 Å². The first-order chi connectivity index (χ1) is 15.1. The number of rotatable bonds is 6. The lowest BCUT2D eigenvalue weighted by atomic mass is 10.1. The van der Waals surface area contributed by atoms with Crippen LogP contribution in [0.3, 0.4) is 0 Å². The number of amides is 1. The number of aryl methyl sites for hydroxylation is 1. The van der Waals surface area contributed by atoms with E-state index in [2.05, 4.69) is 15.6 Å². The first kappa shape index (κ1) is 20.0. The number of nitrogens with one attached hydrogen (secondary N) is 1. The first-order valence-corrected chi connectivity index (χ1v) is 9.68. The molecular weight excluding hydrogens is 392 g/mol. The second kappa shape index (κ2) is 9.04. The van der Waals surface area contributed by atoms with Crippen LogP contribution in [0, 0.1) is 0 Å². The summed E-state index contributed by atoms with van der Waals surface area (Å²) in [5.41, 5.74) is 4.12. The summed E-state index contributed by atoms with van der Waals surface area (Å²) in [4.78, 5) is 24.9. The Bertz CT molecular complexity index is 1310. The van der Waals surface area contributed by atoms with Crippen molar-refractivity contribution in [3.8, 4) is 5.75 Å². The molecule has 4 aromatic rings. The molecule has 0 atom stereocenters. The maximum absolute atomic E-state index is 12.7. The molecule has 7 nitrogen and oxygen atoms in total. The molecule has 0 fully saturated rings. The second-order valence-electron chi connectivity index (χ2n) is 6.83. The third-order valence-corrected chi connectivity index (χ3v) is 4.70. The number of aromatic nitrogens is 2. The largest absolute Gasteiger partial charge is 0.488 e. The van der Waals surface area contributed by atoms with Crippen molar-refractivity contribution in [2.75, 3.05) is 0 Å². The molecule has 1 amide bonds. The van der Waals surface area contributed by atoms with Crippen LogP contribution < -0.4 is 15.7 Å². The van der Waals surface area contributed by atoms with Crippen LogP contribution in [0.4, 0.5) is 0 Å². The molecule has 1 aromatic heterocycles. The van der Waals surface area contributed by atoms with Gasteiger partial charge in [0.1, 0.15) is 12.4 Å². The summed E-state index contributed by atoms with van der Waals surface area (Å²) in [6.07, 6.45) is 1.52. The average molecular weight is 412 g/mol. The zero-order valence-corrected chi connectivity index (χ0v) is 16.9. The maximum Gasteiger partial charge on any atom is 0.292 e. The number of hydrogen-bond donors (Lipinski definition) is 1. The molecular formula is C24H20N4O3. The van der Waals surface area contributed by atoms with Crippen molar-refractivity contribution in [1.82, 2.24) is 15.2 Å². The SMILES string of the molecule is Cn1nc(C(=O)N/N=C/c2ccccc2OCc2ccccc2)c2ccccc2c1=O. The minimum Gasteiger partial charge on any atom is -0.488 e. The van der Waals surface area contributed by atoms with Gasteiger partial charge < -0.3 is 4.74 Å². The monoisotopic (exact) mass is 412 g/mol. The third-order valence-electron chi connectivity index (χ3n) is 4.70. The molecule has 1 N–H and O–H groups in total. The molecule has 0 saturated carbocycles. The minimum absolute atomic E-state index is 0.128. The zero-order chi connectivity index (χ0) is 21.6. The van der Waals surface area contributed by atoms with Gasteiger partial charge in [-0.15, -0.1) is 0 Å². The molecule has 0 saturated heterocycles. The summed E-state index contributed by atoms with van der Waals surface area (Å²) in [7, 11) is 1.51. The molecule has 0 aliphatic heterocycles. The van der Waals surface area contributed by atoms with Gasteiger partial charge in [0, 0.05) is 18.0 Å². The van der Waals surface area contributed by atoms with Crippen molar-refractivity contribution in [2.45, 2.75) is 6.61 Å². The van der Waals surface area contributed by atoms with Gasteiger partial charge in [-0.05, 0) is 23.8 Å². The number of benzene rings is 3. The van der Waals surface area contributed by atoms with E-state index in [1.165, 1.54) is 13.3 Å². The van der Waals surface area contributed by atoms with E-state index in [1.54, 1.807) is 24.3 Å². The highest BCUT2D eigenvalue weighted by Crippen LogP contribution is 2.18. The van der Waals surface area contributed by atoms with Crippen molar-refractivity contribution in [2.24, 2.45) is 12.1 Å². The van der Waals surface area contributed by atoms with E-state index < -0.39 is 5.91 Å². The van der Waals surface area contributed by atoms with Crippen LogP contribution in [0.1, 0.15) is 21.6 Å². The van der Waals surface area contributed by atoms with Gasteiger partial charge in [-0.1, -0.05) is 60.7 Å². The molecule has 0 aliphatic carbocycles. The Balaban J connectivity index is 1.51. The number of carbonyl (C=O) groups is 1. The van der Waals surface area contributed by atoms with Crippen LogP contribution >= 0.6 is 0 Å². The number of para-hydroxylation sites is 1. The van der Waals surface area contributed by atoms with E-state index in [4.69, 9.17) is 4.74 Å². The van der Waals surface area contributed by atoms with Gasteiger partial charge in [-0.2, -0.15) is 10.2 Å². The van der Waals surface area contributed by atoms with Gasteiger partial charge in [0.15, 0.2) is 5.69 Å². The maximum atomic E-state index is 12.7. The number of nitrogens with zero attached hydrogens (tertiary/aromatic N) is 3. The standard InChI is InChI=1S/C24H20N4O3/c1-28-24(30)20-13-7-6-12-19(20)22(27-28)23(29)26-25-15-18-11-5-8-14-21(18)31-16-17-9-3-2-4-10-17/h2-15H,16H2,1H3,(H,26,29)/b25-15+. The van der Waals surface area contributed by atoms with Crippen LogP contribution in [0.15, 0.2) is 88.8 Å². The molecule has 0 radical (unpaired) electrons. The van der Waals surface area contributed by atoms with Gasteiger partial charge in [0.05, 0.1) is 11.6 Å². The summed E-state index contributed by atoms with van der Waals surface area (Å²) in [6.45, 7) is 0.423. The van der Waals surface area contributed by atoms with Crippen molar-refractivity contribution >= 4 is 22.9 Å². The highest BCUT2D eigenvalue weighted by Gasteiger charge is 2.15. The molecule has 3 aromatic carbocycles. The number of carbonyl (C=O) groups excluding carboxylic acids is 1. The quantitative estimate of drug-likeness (QED) is 0.389. The smallest absolute Gasteiger partial charge is 0.292 e. The van der Waals surface area contributed by atoms with Crippen LogP contribution in [0.5, 0.6) is 5.75 Å². The fourth-order valence-electron chi connectivity index (χ4n) is 3.13. The fraction of sp³-hybridized carbons (Fsp3) is 0.0833. The predicted octanol–water partition coefficient (Wildman–Crippen LogP) is 3.28. The third kappa shape index (κ3) is 4.51. The van der Waals surface area contributed by atoms with Gasteiger partial charge >= 0.3 is 0 Å². The van der Waals surface area contributed by atoms with Crippen LogP contribution in [0.2, 0.25) is 0 Å². The lowest BCUT2D eigenvalue weighted by molar-refractivity contribution is 0.0950. The van der Waals surface area contributed by atoms with Crippen LogP contribution in [-0.2, 0) is 13.7 Å². The summed E-state index contributed by atoms with van der Waals surface area (Å²) < 4.78 is 7.04. The summed E-state index contributed by atoms with van der Waals surface area (Å²) in [5.74, 6) is 0.140. The van der Waals surface area contributed by atoms with Crippen LogP contribution in [-0.4, -0.2) is 21.9 Å². The molecule has 0 spiro atoms. The number of hydrazone groups is 1. The molecule has 0 bridgehead atoms. The minimum atomic E-state index is -0.509. The van der Waals surface area contributed by atoms with Crippen molar-refractivity contribution in [3.05, 3.63) is 106 Å². The Labute approximate surface area is 178 Å². The van der Waals surface area contributed by atoms with Gasteiger partial charge in [0.2, 0.25) is 0 Å². The van der Waals surface area contributed by atoms with Crippen LogP contribution in [0.25, 0.3) is 10.8 Å². The summed E-state index contributed by atoms with van der Waals surface area (Å²) in [6, 6.07) is 24.1. The zero-order valence-electron chi connectivity index (χ0n) is 16.9. The molecule has 7 heteroatoms. The normalized spacial score (nSPS) is 11.0. The highest BCUT2D eigenvalue weighted by atomic mass is 16.5. The van der Waals surface area contributed by atoms with E-state index in [0.717, 1.165) is 15.8 Å². The Morgan fingerprint density at radius 2 is 1.68 bits per heavy atom. The van der Waals surface area contributed by atoms with E-state index >= 15 is 0 Å². The number of ether oxygens (including phenoxy) is 1. The first-order valence-electron chi connectivity index (χ1n) is 9.68. The second-order valence-corrected chi connectivity index (χ2v) is 6.83. The molecule has 0 unspecified atom stereocenters. The molecule has 0 aliphatic rings. The Morgan fingerprint density at radius 3 is 2.48 bits per heavy atom. The van der Waals surface area contributed by atoms with Gasteiger partial charge in [0.25, 0.3) is 11.5 Å². The lowest BCUT2D eigenvalue weighted by Gasteiger charge is -2.09. The van der Waals surface area contributed by atoms with Crippen molar-refractivity contribution in [3.63, 3.8) is 0 Å². The van der Waals surface area contributed by atoms with E-state index in [9.17, 15) is 9.59 Å². The van der Waals surface area contributed by atoms with Crippen molar-refractivity contribution < 1.29 is 9.53 Å². The highest BCUT2D eigenvalue weighted by molar-refractivity contribution is 6.05. The van der Waals surface area contributed by atoms with E-state index in [-0.39, 0.29) is 11.3 Å².